The monoisotopic (exact) mass is 189 g/mol. The van der Waals surface area contributed by atoms with Crippen LogP contribution in [0.1, 0.15) is 26.2 Å². The summed E-state index contributed by atoms with van der Waals surface area (Å²) >= 11 is 5.50. The van der Waals surface area contributed by atoms with Crippen molar-refractivity contribution < 1.29 is 4.79 Å². The van der Waals surface area contributed by atoms with E-state index in [-0.39, 0.29) is 11.8 Å². The van der Waals surface area contributed by atoms with E-state index >= 15 is 0 Å². The van der Waals surface area contributed by atoms with E-state index in [9.17, 15) is 4.79 Å². The van der Waals surface area contributed by atoms with Gasteiger partial charge in [-0.3, -0.25) is 4.79 Å². The summed E-state index contributed by atoms with van der Waals surface area (Å²) in [5.74, 6) is 0.987. The van der Waals surface area contributed by atoms with Crippen LogP contribution < -0.4 is 0 Å². The molecule has 0 saturated heterocycles. The minimum Gasteiger partial charge on any atom is -0.341 e. The quantitative estimate of drug-likeness (QED) is 0.605. The first-order chi connectivity index (χ1) is 5.77. The Balaban J connectivity index is 2.30. The van der Waals surface area contributed by atoms with Gasteiger partial charge >= 0.3 is 0 Å². The molecule has 2 nitrogen and oxygen atoms in total. The fourth-order valence-electron chi connectivity index (χ4n) is 1.28. The van der Waals surface area contributed by atoms with Crippen LogP contribution in [0.25, 0.3) is 0 Å². The number of carbonyl (C=O) groups excluding carboxylic acids is 1. The number of hydrogen-bond donors (Lipinski definition) is 0. The average Bonchev–Trinajstić information content (AvgIpc) is 2.86. The van der Waals surface area contributed by atoms with E-state index in [0.717, 1.165) is 25.4 Å². The van der Waals surface area contributed by atoms with Gasteiger partial charge in [0.25, 0.3) is 0 Å². The molecule has 1 rings (SSSR count). The molecule has 0 N–H and O–H groups in total. The number of alkyl halides is 1. The smallest absolute Gasteiger partial charge is 0.237 e. The van der Waals surface area contributed by atoms with Crippen LogP contribution in [0.5, 0.6) is 0 Å². The highest BCUT2D eigenvalue weighted by molar-refractivity contribution is 6.27. The number of hydrogen-bond acceptors (Lipinski definition) is 1. The second-order valence-corrected chi connectivity index (χ2v) is 3.68. The maximum Gasteiger partial charge on any atom is 0.237 e. The van der Waals surface area contributed by atoms with E-state index < -0.39 is 0 Å². The van der Waals surface area contributed by atoms with Crippen molar-refractivity contribution in [2.75, 3.05) is 19.0 Å². The van der Waals surface area contributed by atoms with E-state index in [1.54, 1.807) is 0 Å². The molecule has 0 atom stereocenters. The van der Waals surface area contributed by atoms with E-state index in [2.05, 4.69) is 6.92 Å². The maximum atomic E-state index is 11.3. The van der Waals surface area contributed by atoms with Gasteiger partial charge in [-0.15, -0.1) is 11.6 Å². The molecule has 1 fully saturated rings. The predicted octanol–water partition coefficient (Wildman–Crippen LogP) is 1.87. The van der Waals surface area contributed by atoms with Crippen molar-refractivity contribution in [2.45, 2.75) is 26.2 Å². The lowest BCUT2D eigenvalue weighted by Gasteiger charge is -2.20. The van der Waals surface area contributed by atoms with E-state index in [0.29, 0.717) is 0 Å². The Kier molecular flexibility index (Phi) is 3.86. The molecule has 0 aromatic heterocycles. The minimum absolute atomic E-state index is 0.0883. The summed E-state index contributed by atoms with van der Waals surface area (Å²) in [5, 5.41) is 0. The molecule has 0 bridgehead atoms. The van der Waals surface area contributed by atoms with E-state index in [4.69, 9.17) is 11.6 Å². The second kappa shape index (κ2) is 4.70. The van der Waals surface area contributed by atoms with Gasteiger partial charge in [0.15, 0.2) is 0 Å². The summed E-state index contributed by atoms with van der Waals surface area (Å²) in [4.78, 5) is 13.2. The van der Waals surface area contributed by atoms with Crippen LogP contribution in [0.3, 0.4) is 0 Å². The molecule has 0 aliphatic heterocycles. The van der Waals surface area contributed by atoms with Gasteiger partial charge in [0, 0.05) is 13.1 Å². The van der Waals surface area contributed by atoms with E-state index in [1.165, 1.54) is 12.8 Å². The lowest BCUT2D eigenvalue weighted by atomic mass is 10.3. The van der Waals surface area contributed by atoms with Gasteiger partial charge in [0.1, 0.15) is 5.88 Å². The predicted molar refractivity (Wildman–Crippen MR) is 50.3 cm³/mol. The van der Waals surface area contributed by atoms with E-state index in [1.807, 2.05) is 4.90 Å². The number of nitrogens with zero attached hydrogens (tertiary/aromatic N) is 1. The van der Waals surface area contributed by atoms with Crippen LogP contribution in [0.15, 0.2) is 0 Å². The standard InChI is InChI=1S/C9H16ClNO/c1-2-5-11(9(12)6-10)7-8-3-4-8/h8H,2-7H2,1H3. The molecular formula is C9H16ClNO. The summed E-state index contributed by atoms with van der Waals surface area (Å²) in [7, 11) is 0. The molecule has 0 unspecified atom stereocenters. The highest BCUT2D eigenvalue weighted by atomic mass is 35.5. The molecule has 0 aromatic carbocycles. The Morgan fingerprint density at radius 3 is 2.67 bits per heavy atom. The van der Waals surface area contributed by atoms with Gasteiger partial charge in [0.2, 0.25) is 5.91 Å². The summed E-state index contributed by atoms with van der Waals surface area (Å²) in [6, 6.07) is 0. The van der Waals surface area contributed by atoms with Gasteiger partial charge in [-0.25, -0.2) is 0 Å². The molecule has 1 aliphatic carbocycles. The van der Waals surface area contributed by atoms with Crippen molar-refractivity contribution in [3.05, 3.63) is 0 Å². The fourth-order valence-corrected chi connectivity index (χ4v) is 1.45. The van der Waals surface area contributed by atoms with Gasteiger partial charge in [0.05, 0.1) is 0 Å². The highest BCUT2D eigenvalue weighted by Gasteiger charge is 2.25. The van der Waals surface area contributed by atoms with Crippen LogP contribution >= 0.6 is 11.6 Å². The Morgan fingerprint density at radius 2 is 2.25 bits per heavy atom. The number of halogens is 1. The molecular weight excluding hydrogens is 174 g/mol. The van der Waals surface area contributed by atoms with Crippen molar-refractivity contribution >= 4 is 17.5 Å². The van der Waals surface area contributed by atoms with Crippen LogP contribution in [0, 0.1) is 5.92 Å². The van der Waals surface area contributed by atoms with Gasteiger partial charge in [-0.1, -0.05) is 6.92 Å². The van der Waals surface area contributed by atoms with Crippen LogP contribution in [-0.4, -0.2) is 29.8 Å². The molecule has 0 radical (unpaired) electrons. The number of carbonyl (C=O) groups is 1. The van der Waals surface area contributed by atoms with Crippen molar-refractivity contribution in [2.24, 2.45) is 5.92 Å². The molecule has 1 amide bonds. The molecule has 12 heavy (non-hydrogen) atoms. The van der Waals surface area contributed by atoms with Gasteiger partial charge in [-0.05, 0) is 25.2 Å². The maximum absolute atomic E-state index is 11.3. The topological polar surface area (TPSA) is 20.3 Å². The SMILES string of the molecule is CCCN(CC1CC1)C(=O)CCl. The van der Waals surface area contributed by atoms with Gasteiger partial charge < -0.3 is 4.90 Å². The Morgan fingerprint density at radius 1 is 1.58 bits per heavy atom. The summed E-state index contributed by atoms with van der Waals surface area (Å²) in [6.45, 7) is 3.88. The zero-order chi connectivity index (χ0) is 8.97. The second-order valence-electron chi connectivity index (χ2n) is 3.42. The third-order valence-corrected chi connectivity index (χ3v) is 2.36. The van der Waals surface area contributed by atoms with Crippen molar-refractivity contribution in [3.8, 4) is 0 Å². The van der Waals surface area contributed by atoms with Crippen molar-refractivity contribution in [1.82, 2.24) is 4.90 Å². The molecule has 1 saturated carbocycles. The summed E-state index contributed by atoms with van der Waals surface area (Å²) in [5.41, 5.74) is 0. The molecule has 0 aromatic rings. The molecule has 0 spiro atoms. The lowest BCUT2D eigenvalue weighted by Crippen LogP contribution is -2.34. The first kappa shape index (κ1) is 9.85. The molecule has 3 heteroatoms. The molecule has 0 heterocycles. The number of amides is 1. The zero-order valence-electron chi connectivity index (χ0n) is 7.55. The van der Waals surface area contributed by atoms with Crippen LogP contribution in [0.2, 0.25) is 0 Å². The first-order valence-electron chi connectivity index (χ1n) is 4.61. The highest BCUT2D eigenvalue weighted by Crippen LogP contribution is 2.29. The number of rotatable bonds is 5. The Bertz CT molecular complexity index is 157. The van der Waals surface area contributed by atoms with Crippen LogP contribution in [0.4, 0.5) is 0 Å². The Hall–Kier alpha value is -0.240. The lowest BCUT2D eigenvalue weighted by molar-refractivity contribution is -0.128. The fraction of sp³-hybridized carbons (Fsp3) is 0.889. The zero-order valence-corrected chi connectivity index (χ0v) is 8.31. The Labute approximate surface area is 78.9 Å². The molecule has 1 aliphatic rings. The first-order valence-corrected chi connectivity index (χ1v) is 5.15. The molecule has 70 valence electrons. The third kappa shape index (κ3) is 3.02. The normalized spacial score (nSPS) is 16.2. The average molecular weight is 190 g/mol. The minimum atomic E-state index is 0.0883. The third-order valence-electron chi connectivity index (χ3n) is 2.14. The van der Waals surface area contributed by atoms with Gasteiger partial charge in [-0.2, -0.15) is 0 Å². The summed E-state index contributed by atoms with van der Waals surface area (Å²) in [6.07, 6.45) is 3.60. The van der Waals surface area contributed by atoms with Crippen molar-refractivity contribution in [1.29, 1.82) is 0 Å². The van der Waals surface area contributed by atoms with Crippen molar-refractivity contribution in [3.63, 3.8) is 0 Å². The largest absolute Gasteiger partial charge is 0.341 e. The van der Waals surface area contributed by atoms with Crippen LogP contribution in [-0.2, 0) is 4.79 Å². The summed E-state index contributed by atoms with van der Waals surface area (Å²) < 4.78 is 0.